The topological polar surface area (TPSA) is 64.3 Å². The summed E-state index contributed by atoms with van der Waals surface area (Å²) in [5.74, 6) is 0.464. The molecule has 4 nitrogen and oxygen atoms in total. The van der Waals surface area contributed by atoms with Crippen molar-refractivity contribution < 1.29 is 9.53 Å². The van der Waals surface area contributed by atoms with Gasteiger partial charge in [-0.15, -0.1) is 0 Å². The molecule has 1 amide bonds. The Hall–Kier alpha value is -0.610. The summed E-state index contributed by atoms with van der Waals surface area (Å²) in [4.78, 5) is 11.6. The van der Waals surface area contributed by atoms with Crippen molar-refractivity contribution in [1.82, 2.24) is 5.32 Å². The molecule has 0 heterocycles. The van der Waals surface area contributed by atoms with E-state index in [1.807, 2.05) is 0 Å². The monoisotopic (exact) mass is 242 g/mol. The van der Waals surface area contributed by atoms with Crippen molar-refractivity contribution in [3.8, 4) is 0 Å². The number of carbonyl (C=O) groups excluding carboxylic acids is 1. The van der Waals surface area contributed by atoms with Gasteiger partial charge in [-0.05, 0) is 31.7 Å². The molecule has 0 spiro atoms. The average Bonchev–Trinajstić information content (AvgIpc) is 2.76. The summed E-state index contributed by atoms with van der Waals surface area (Å²) in [6, 6.07) is 0.270. The van der Waals surface area contributed by atoms with Crippen molar-refractivity contribution in [2.24, 2.45) is 11.7 Å². The second kappa shape index (κ2) is 8.48. The van der Waals surface area contributed by atoms with Gasteiger partial charge in [0.1, 0.15) is 6.61 Å². The molecule has 0 aromatic heterocycles. The normalized spacial score (nSPS) is 23.9. The van der Waals surface area contributed by atoms with Gasteiger partial charge in [-0.25, -0.2) is 0 Å². The summed E-state index contributed by atoms with van der Waals surface area (Å²) in [7, 11) is 0. The van der Waals surface area contributed by atoms with Gasteiger partial charge < -0.3 is 15.8 Å². The van der Waals surface area contributed by atoms with Gasteiger partial charge in [0, 0.05) is 12.6 Å². The first-order valence-electron chi connectivity index (χ1n) is 6.85. The van der Waals surface area contributed by atoms with Crippen molar-refractivity contribution in [2.75, 3.05) is 19.8 Å². The van der Waals surface area contributed by atoms with Crippen molar-refractivity contribution in [3.05, 3.63) is 0 Å². The summed E-state index contributed by atoms with van der Waals surface area (Å²) in [5, 5.41) is 3.03. The number of rotatable bonds is 8. The van der Waals surface area contributed by atoms with Gasteiger partial charge in [0.2, 0.25) is 5.91 Å². The van der Waals surface area contributed by atoms with Gasteiger partial charge in [0.25, 0.3) is 0 Å². The second-order valence-corrected chi connectivity index (χ2v) is 4.86. The van der Waals surface area contributed by atoms with Crippen LogP contribution in [0.4, 0.5) is 0 Å². The number of hydrogen-bond donors (Lipinski definition) is 2. The van der Waals surface area contributed by atoms with Gasteiger partial charge in [0.15, 0.2) is 0 Å². The minimum Gasteiger partial charge on any atom is -0.372 e. The van der Waals surface area contributed by atoms with E-state index in [9.17, 15) is 4.79 Å². The highest BCUT2D eigenvalue weighted by Crippen LogP contribution is 2.24. The lowest BCUT2D eigenvalue weighted by atomic mass is 10.0. The fraction of sp³-hybridized carbons (Fsp3) is 0.923. The second-order valence-electron chi connectivity index (χ2n) is 4.86. The van der Waals surface area contributed by atoms with Crippen molar-refractivity contribution in [1.29, 1.82) is 0 Å². The lowest BCUT2D eigenvalue weighted by molar-refractivity contribution is -0.126. The molecule has 1 aliphatic rings. The van der Waals surface area contributed by atoms with Gasteiger partial charge in [-0.3, -0.25) is 4.79 Å². The standard InChI is InChI=1S/C13H26N2O2/c1-2-3-4-8-17-10-13(16)15-12-7-5-6-11(12)9-14/h11-12H,2-10,14H2,1H3,(H,15,16). The Kier molecular flexibility index (Phi) is 7.21. The number of unbranched alkanes of at least 4 members (excludes halogenated alkanes) is 2. The van der Waals surface area contributed by atoms with Crippen LogP contribution in [0.1, 0.15) is 45.4 Å². The van der Waals surface area contributed by atoms with Crippen LogP contribution in [0.3, 0.4) is 0 Å². The van der Waals surface area contributed by atoms with Crippen LogP contribution < -0.4 is 11.1 Å². The molecule has 4 heteroatoms. The Morgan fingerprint density at radius 1 is 1.41 bits per heavy atom. The summed E-state index contributed by atoms with van der Waals surface area (Å²) >= 11 is 0. The molecule has 1 saturated carbocycles. The largest absolute Gasteiger partial charge is 0.372 e. The van der Waals surface area contributed by atoms with Crippen molar-refractivity contribution in [2.45, 2.75) is 51.5 Å². The molecule has 0 aliphatic heterocycles. The van der Waals surface area contributed by atoms with Crippen LogP contribution in [0, 0.1) is 5.92 Å². The van der Waals surface area contributed by atoms with E-state index in [1.165, 1.54) is 19.3 Å². The van der Waals surface area contributed by atoms with Crippen LogP contribution in [0.25, 0.3) is 0 Å². The number of ether oxygens (including phenoxy) is 1. The Balaban J connectivity index is 2.08. The van der Waals surface area contributed by atoms with Crippen LogP contribution in [0.2, 0.25) is 0 Å². The molecule has 0 aromatic carbocycles. The summed E-state index contributed by atoms with van der Waals surface area (Å²) < 4.78 is 5.33. The quantitative estimate of drug-likeness (QED) is 0.633. The summed E-state index contributed by atoms with van der Waals surface area (Å²) in [6.07, 6.45) is 6.75. The molecule has 100 valence electrons. The van der Waals surface area contributed by atoms with E-state index in [1.54, 1.807) is 0 Å². The Labute approximate surface area is 104 Å². The van der Waals surface area contributed by atoms with Gasteiger partial charge in [0.05, 0.1) is 0 Å². The Morgan fingerprint density at radius 3 is 2.94 bits per heavy atom. The molecule has 0 bridgehead atoms. The van der Waals surface area contributed by atoms with Crippen LogP contribution in [0.5, 0.6) is 0 Å². The maximum Gasteiger partial charge on any atom is 0.246 e. The maximum absolute atomic E-state index is 11.6. The molecular weight excluding hydrogens is 216 g/mol. The van der Waals surface area contributed by atoms with Gasteiger partial charge in [-0.2, -0.15) is 0 Å². The van der Waals surface area contributed by atoms with Crippen LogP contribution in [-0.2, 0) is 9.53 Å². The molecule has 1 fully saturated rings. The Morgan fingerprint density at radius 2 is 2.24 bits per heavy atom. The smallest absolute Gasteiger partial charge is 0.246 e. The number of nitrogens with two attached hydrogens (primary N) is 1. The first-order chi connectivity index (χ1) is 8.27. The average molecular weight is 242 g/mol. The molecule has 17 heavy (non-hydrogen) atoms. The molecule has 0 aromatic rings. The summed E-state index contributed by atoms with van der Waals surface area (Å²) in [5.41, 5.74) is 5.67. The van der Waals surface area contributed by atoms with Crippen LogP contribution in [0.15, 0.2) is 0 Å². The van der Waals surface area contributed by atoms with E-state index < -0.39 is 0 Å². The van der Waals surface area contributed by atoms with Crippen molar-refractivity contribution >= 4 is 5.91 Å². The fourth-order valence-electron chi connectivity index (χ4n) is 2.38. The first kappa shape index (κ1) is 14.5. The molecule has 3 N–H and O–H groups in total. The Bertz CT molecular complexity index is 221. The highest BCUT2D eigenvalue weighted by Gasteiger charge is 2.27. The minimum atomic E-state index is 0.00634. The van der Waals surface area contributed by atoms with E-state index in [0.717, 1.165) is 19.3 Å². The predicted molar refractivity (Wildman–Crippen MR) is 68.7 cm³/mol. The molecule has 1 rings (SSSR count). The highest BCUT2D eigenvalue weighted by atomic mass is 16.5. The lowest BCUT2D eigenvalue weighted by Gasteiger charge is -2.19. The van der Waals surface area contributed by atoms with E-state index in [2.05, 4.69) is 12.2 Å². The predicted octanol–water partition coefficient (Wildman–Crippen LogP) is 1.44. The SMILES string of the molecule is CCCCCOCC(=O)NC1CCCC1CN. The lowest BCUT2D eigenvalue weighted by Crippen LogP contribution is -2.41. The maximum atomic E-state index is 11.6. The van der Waals surface area contributed by atoms with E-state index >= 15 is 0 Å². The zero-order valence-electron chi connectivity index (χ0n) is 10.9. The summed E-state index contributed by atoms with van der Waals surface area (Å²) in [6.45, 7) is 3.70. The molecule has 0 saturated heterocycles. The molecule has 1 aliphatic carbocycles. The molecule has 2 unspecified atom stereocenters. The highest BCUT2D eigenvalue weighted by molar-refractivity contribution is 5.77. The number of carbonyl (C=O) groups is 1. The number of amides is 1. The van der Waals surface area contributed by atoms with E-state index in [-0.39, 0.29) is 18.6 Å². The zero-order valence-corrected chi connectivity index (χ0v) is 10.9. The van der Waals surface area contributed by atoms with Crippen LogP contribution in [-0.4, -0.2) is 31.7 Å². The molecular formula is C13H26N2O2. The van der Waals surface area contributed by atoms with Crippen LogP contribution >= 0.6 is 0 Å². The number of hydrogen-bond acceptors (Lipinski definition) is 3. The van der Waals surface area contributed by atoms with Gasteiger partial charge in [-0.1, -0.05) is 26.2 Å². The fourth-order valence-corrected chi connectivity index (χ4v) is 2.38. The minimum absolute atomic E-state index is 0.00634. The zero-order chi connectivity index (χ0) is 12.5. The third-order valence-corrected chi connectivity index (χ3v) is 3.43. The third kappa shape index (κ3) is 5.50. The first-order valence-corrected chi connectivity index (χ1v) is 6.85. The molecule has 0 radical (unpaired) electrons. The van der Waals surface area contributed by atoms with E-state index in [4.69, 9.17) is 10.5 Å². The number of nitrogens with one attached hydrogen (secondary N) is 1. The third-order valence-electron chi connectivity index (χ3n) is 3.43. The van der Waals surface area contributed by atoms with E-state index in [0.29, 0.717) is 19.1 Å². The van der Waals surface area contributed by atoms with Gasteiger partial charge >= 0.3 is 0 Å². The van der Waals surface area contributed by atoms with Crippen molar-refractivity contribution in [3.63, 3.8) is 0 Å². The molecule has 2 atom stereocenters.